The molecule has 0 unspecified atom stereocenters. The number of halogens is 2. The van der Waals surface area contributed by atoms with Crippen molar-refractivity contribution in [2.45, 2.75) is 0 Å². The third-order valence-electron chi connectivity index (χ3n) is 2.61. The second kappa shape index (κ2) is 7.92. The van der Waals surface area contributed by atoms with Gasteiger partial charge >= 0.3 is 0 Å². The fourth-order valence-corrected chi connectivity index (χ4v) is 1.77. The molecule has 2 fully saturated rings. The van der Waals surface area contributed by atoms with Gasteiger partial charge in [-0.15, -0.1) is 0 Å². The SMILES string of the molecule is C1CN(CN2CCOCC2)CCO1.F.F. The molecule has 2 aliphatic heterocycles. The van der Waals surface area contributed by atoms with Crippen LogP contribution in [-0.2, 0) is 9.47 Å². The van der Waals surface area contributed by atoms with Crippen LogP contribution in [0.3, 0.4) is 0 Å². The molecule has 2 rings (SSSR count). The standard InChI is InChI=1S/C9H18N2O2.2FH/c1-5-12-6-2-10(1)9-11-3-7-13-8-4-11;;/h1-9H2;2*1H. The molecule has 0 aromatic heterocycles. The third-order valence-corrected chi connectivity index (χ3v) is 2.61. The molecular formula is C9H20F2N2O2. The second-order valence-electron chi connectivity index (χ2n) is 3.60. The van der Waals surface area contributed by atoms with Crippen molar-refractivity contribution in [1.29, 1.82) is 0 Å². The Morgan fingerprint density at radius 1 is 0.667 bits per heavy atom. The lowest BCUT2D eigenvalue weighted by atomic mass is 10.4. The van der Waals surface area contributed by atoms with Crippen LogP contribution < -0.4 is 0 Å². The lowest BCUT2D eigenvalue weighted by molar-refractivity contribution is -0.0229. The van der Waals surface area contributed by atoms with E-state index >= 15 is 0 Å². The molecule has 0 saturated carbocycles. The van der Waals surface area contributed by atoms with Crippen LogP contribution in [0.5, 0.6) is 0 Å². The highest BCUT2D eigenvalue weighted by atomic mass is 19.0. The Hall–Kier alpha value is -0.300. The Morgan fingerprint density at radius 3 is 1.33 bits per heavy atom. The van der Waals surface area contributed by atoms with Crippen LogP contribution in [0.25, 0.3) is 0 Å². The van der Waals surface area contributed by atoms with E-state index in [-0.39, 0.29) is 9.41 Å². The molecule has 0 aromatic carbocycles. The molecule has 6 heteroatoms. The summed E-state index contributed by atoms with van der Waals surface area (Å²) in [6.45, 7) is 8.99. The number of hydrogen-bond acceptors (Lipinski definition) is 4. The highest BCUT2D eigenvalue weighted by molar-refractivity contribution is 4.66. The van der Waals surface area contributed by atoms with Crippen molar-refractivity contribution in [2.75, 3.05) is 59.3 Å². The van der Waals surface area contributed by atoms with Crippen LogP contribution in [0, 0.1) is 0 Å². The minimum absolute atomic E-state index is 0. The smallest absolute Gasteiger partial charge is 0.0594 e. The molecule has 2 aliphatic rings. The molecule has 0 atom stereocenters. The lowest BCUT2D eigenvalue weighted by Crippen LogP contribution is -2.47. The summed E-state index contributed by atoms with van der Waals surface area (Å²) in [6, 6.07) is 0. The third kappa shape index (κ3) is 4.83. The topological polar surface area (TPSA) is 24.9 Å². The fourth-order valence-electron chi connectivity index (χ4n) is 1.77. The molecule has 0 aliphatic carbocycles. The first-order valence-corrected chi connectivity index (χ1v) is 5.05. The van der Waals surface area contributed by atoms with Gasteiger partial charge in [-0.25, -0.2) is 0 Å². The van der Waals surface area contributed by atoms with E-state index in [1.54, 1.807) is 0 Å². The first-order chi connectivity index (χ1) is 6.45. The van der Waals surface area contributed by atoms with Crippen molar-refractivity contribution < 1.29 is 18.9 Å². The molecule has 0 spiro atoms. The predicted octanol–water partition coefficient (Wildman–Crippen LogP) is -0.0867. The van der Waals surface area contributed by atoms with Crippen molar-refractivity contribution in [3.05, 3.63) is 0 Å². The van der Waals surface area contributed by atoms with Gasteiger partial charge in [0.15, 0.2) is 0 Å². The predicted molar refractivity (Wildman–Crippen MR) is 54.7 cm³/mol. The summed E-state index contributed by atoms with van der Waals surface area (Å²) in [5, 5.41) is 0. The first kappa shape index (κ1) is 14.7. The summed E-state index contributed by atoms with van der Waals surface area (Å²) in [4.78, 5) is 4.91. The molecule has 0 bridgehead atoms. The maximum absolute atomic E-state index is 5.30. The van der Waals surface area contributed by atoms with Crippen LogP contribution in [0.15, 0.2) is 0 Å². The number of morpholine rings is 2. The molecule has 15 heavy (non-hydrogen) atoms. The molecule has 2 heterocycles. The van der Waals surface area contributed by atoms with Crippen molar-refractivity contribution >= 4 is 0 Å². The van der Waals surface area contributed by atoms with Gasteiger partial charge in [-0.05, 0) is 0 Å². The zero-order valence-corrected chi connectivity index (χ0v) is 8.89. The summed E-state index contributed by atoms with van der Waals surface area (Å²) in [7, 11) is 0. The molecule has 0 aromatic rings. The largest absolute Gasteiger partial charge is 0.379 e. The van der Waals surface area contributed by atoms with Gasteiger partial charge in [0.2, 0.25) is 0 Å². The Morgan fingerprint density at radius 2 is 1.00 bits per heavy atom. The number of hydrogen-bond donors (Lipinski definition) is 0. The maximum Gasteiger partial charge on any atom is 0.0594 e. The van der Waals surface area contributed by atoms with E-state index in [1.165, 1.54) is 0 Å². The summed E-state index contributed by atoms with van der Waals surface area (Å²) in [6.07, 6.45) is 0. The van der Waals surface area contributed by atoms with Crippen LogP contribution in [-0.4, -0.2) is 69.1 Å². The normalized spacial score (nSPS) is 24.0. The summed E-state index contributed by atoms with van der Waals surface area (Å²) >= 11 is 0. The van der Waals surface area contributed by atoms with Gasteiger partial charge in [-0.2, -0.15) is 0 Å². The van der Waals surface area contributed by atoms with Crippen molar-refractivity contribution in [3.8, 4) is 0 Å². The number of rotatable bonds is 2. The van der Waals surface area contributed by atoms with Crippen LogP contribution in [0.1, 0.15) is 0 Å². The highest BCUT2D eigenvalue weighted by Gasteiger charge is 2.16. The lowest BCUT2D eigenvalue weighted by Gasteiger charge is -2.34. The number of ether oxygens (including phenoxy) is 2. The van der Waals surface area contributed by atoms with E-state index in [0.717, 1.165) is 59.3 Å². The fraction of sp³-hybridized carbons (Fsp3) is 1.00. The van der Waals surface area contributed by atoms with Crippen molar-refractivity contribution in [2.24, 2.45) is 0 Å². The molecule has 0 amide bonds. The molecule has 0 N–H and O–H groups in total. The van der Waals surface area contributed by atoms with E-state index in [9.17, 15) is 0 Å². The van der Waals surface area contributed by atoms with Gasteiger partial charge in [-0.1, -0.05) is 0 Å². The zero-order chi connectivity index (χ0) is 8.93. The number of nitrogens with zero attached hydrogens (tertiary/aromatic N) is 2. The van der Waals surface area contributed by atoms with Gasteiger partial charge in [-0.3, -0.25) is 19.2 Å². The molecule has 92 valence electrons. The second-order valence-corrected chi connectivity index (χ2v) is 3.60. The molecule has 4 nitrogen and oxygen atoms in total. The average Bonchev–Trinajstić information content (AvgIpc) is 2.21. The van der Waals surface area contributed by atoms with E-state index < -0.39 is 0 Å². The van der Waals surface area contributed by atoms with Crippen LogP contribution >= 0.6 is 0 Å². The van der Waals surface area contributed by atoms with Crippen LogP contribution in [0.2, 0.25) is 0 Å². The van der Waals surface area contributed by atoms with Gasteiger partial charge in [0.1, 0.15) is 0 Å². The molecule has 2 saturated heterocycles. The van der Waals surface area contributed by atoms with E-state index in [0.29, 0.717) is 0 Å². The summed E-state index contributed by atoms with van der Waals surface area (Å²) < 4.78 is 10.6. The zero-order valence-electron chi connectivity index (χ0n) is 8.89. The molecule has 0 radical (unpaired) electrons. The van der Waals surface area contributed by atoms with Gasteiger partial charge in [0, 0.05) is 26.2 Å². The average molecular weight is 226 g/mol. The quantitative estimate of drug-likeness (QED) is 0.657. The van der Waals surface area contributed by atoms with Gasteiger partial charge in [0.05, 0.1) is 33.1 Å². The highest BCUT2D eigenvalue weighted by Crippen LogP contribution is 2.02. The Bertz CT molecular complexity index is 135. The maximum atomic E-state index is 5.30. The Kier molecular flexibility index (Phi) is 7.76. The monoisotopic (exact) mass is 226 g/mol. The summed E-state index contributed by atoms with van der Waals surface area (Å²) in [5.41, 5.74) is 0. The van der Waals surface area contributed by atoms with E-state index in [2.05, 4.69) is 9.80 Å². The van der Waals surface area contributed by atoms with Crippen molar-refractivity contribution in [3.63, 3.8) is 0 Å². The van der Waals surface area contributed by atoms with E-state index in [1.807, 2.05) is 0 Å². The minimum Gasteiger partial charge on any atom is -0.379 e. The van der Waals surface area contributed by atoms with Gasteiger partial charge in [0.25, 0.3) is 0 Å². The van der Waals surface area contributed by atoms with Crippen molar-refractivity contribution in [1.82, 2.24) is 9.80 Å². The van der Waals surface area contributed by atoms with Crippen LogP contribution in [0.4, 0.5) is 9.41 Å². The van der Waals surface area contributed by atoms with Gasteiger partial charge < -0.3 is 9.47 Å². The minimum atomic E-state index is 0. The summed E-state index contributed by atoms with van der Waals surface area (Å²) in [5.74, 6) is 0. The van der Waals surface area contributed by atoms with E-state index in [4.69, 9.17) is 9.47 Å². The molecular weight excluding hydrogens is 206 g/mol. The Balaban J connectivity index is 0.000000980. The first-order valence-electron chi connectivity index (χ1n) is 5.05. The Labute approximate surface area is 88.9 Å².